The van der Waals surface area contributed by atoms with Crippen LogP contribution in [0.15, 0.2) is 0 Å². The van der Waals surface area contributed by atoms with Gasteiger partial charge in [0.1, 0.15) is 12.7 Å². The second-order valence-electron chi connectivity index (χ2n) is 18.5. The van der Waals surface area contributed by atoms with E-state index in [1.807, 2.05) is 0 Å². The monoisotopic (exact) mass is 880 g/mol. The summed E-state index contributed by atoms with van der Waals surface area (Å²) in [5.74, 6) is -0.795. The molecule has 1 N–H and O–H groups in total. The average Bonchev–Trinajstić information content (AvgIpc) is 3.26. The third-order valence-electron chi connectivity index (χ3n) is 12.6. The summed E-state index contributed by atoms with van der Waals surface area (Å²) in [4.78, 5) is 53.8. The zero-order valence-corrected chi connectivity index (χ0v) is 40.8. The number of ether oxygens (including phenoxy) is 4. The van der Waals surface area contributed by atoms with Crippen LogP contribution < -0.4 is 0 Å². The van der Waals surface area contributed by atoms with Crippen molar-refractivity contribution in [3.05, 3.63) is 0 Å². The van der Waals surface area contributed by atoms with Gasteiger partial charge >= 0.3 is 23.9 Å². The van der Waals surface area contributed by atoms with Crippen molar-refractivity contribution in [2.45, 2.75) is 258 Å². The lowest BCUT2D eigenvalue weighted by Crippen LogP contribution is -2.43. The molecule has 1 aliphatic heterocycles. The zero-order chi connectivity index (χ0) is 45.3. The van der Waals surface area contributed by atoms with Crippen molar-refractivity contribution in [2.24, 2.45) is 11.8 Å². The highest BCUT2D eigenvalue weighted by atomic mass is 16.6. The molecule has 0 aromatic heterocycles. The first-order valence-corrected chi connectivity index (χ1v) is 26.3. The maximum Gasteiger partial charge on any atom is 0.308 e. The Morgan fingerprint density at radius 3 is 1.29 bits per heavy atom. The maximum atomic E-state index is 13.0. The van der Waals surface area contributed by atoms with Gasteiger partial charge in [-0.3, -0.25) is 24.1 Å². The number of carbonyl (C=O) groups excluding carboxylic acids is 4. The third-order valence-corrected chi connectivity index (χ3v) is 12.6. The molecule has 1 saturated heterocycles. The van der Waals surface area contributed by atoms with E-state index in [1.54, 1.807) is 0 Å². The molecular weight excluding hydrogens is 783 g/mol. The van der Waals surface area contributed by atoms with E-state index in [-0.39, 0.29) is 61.3 Å². The van der Waals surface area contributed by atoms with Crippen LogP contribution in [0, 0.1) is 11.8 Å². The third kappa shape index (κ3) is 33.3. The van der Waals surface area contributed by atoms with Gasteiger partial charge in [-0.2, -0.15) is 0 Å². The molecule has 0 aromatic carbocycles. The van der Waals surface area contributed by atoms with Gasteiger partial charge in [-0.25, -0.2) is 0 Å². The smallest absolute Gasteiger partial charge is 0.308 e. The van der Waals surface area contributed by atoms with E-state index in [9.17, 15) is 24.3 Å². The largest absolute Gasteiger partial charge is 0.465 e. The number of rotatable bonds is 43. The van der Waals surface area contributed by atoms with Crippen LogP contribution in [-0.2, 0) is 38.1 Å². The first kappa shape index (κ1) is 57.8. The molecule has 10 nitrogen and oxygen atoms in total. The summed E-state index contributed by atoms with van der Waals surface area (Å²) < 4.78 is 22.9. The van der Waals surface area contributed by atoms with Crippen LogP contribution in [0.1, 0.15) is 246 Å². The lowest BCUT2D eigenvalue weighted by Gasteiger charge is -2.32. The number of esters is 4. The number of aliphatic hydroxyl groups is 1. The Hall–Kier alpha value is -2.20. The predicted octanol–water partition coefficient (Wildman–Crippen LogP) is 12.8. The zero-order valence-electron chi connectivity index (χ0n) is 40.8. The summed E-state index contributed by atoms with van der Waals surface area (Å²) in [6.07, 6.45) is 32.6. The summed E-state index contributed by atoms with van der Waals surface area (Å²) >= 11 is 0. The van der Waals surface area contributed by atoms with Crippen LogP contribution in [0.2, 0.25) is 0 Å². The fourth-order valence-electron chi connectivity index (χ4n) is 8.43. The van der Waals surface area contributed by atoms with Gasteiger partial charge in [-0.1, -0.05) is 156 Å². The fourth-order valence-corrected chi connectivity index (χ4v) is 8.43. The summed E-state index contributed by atoms with van der Waals surface area (Å²) in [6, 6.07) is 0. The van der Waals surface area contributed by atoms with Crippen LogP contribution in [-0.4, -0.2) is 85.5 Å². The van der Waals surface area contributed by atoms with Gasteiger partial charge in [0.05, 0.1) is 31.2 Å². The van der Waals surface area contributed by atoms with Crippen molar-refractivity contribution in [2.75, 3.05) is 39.5 Å². The standard InChI is InChI=1S/C52H97NO9/c1-5-9-13-17-19-25-33-45(31-23-15-11-7-3)51(57)59-41-29-21-27-35-49(55)61-44-48(43-53-39-37-47(54)38-40-53)62-50(56)36-28-22-30-42-60-52(58)46(32-24-16-12-8-4)34-26-20-18-14-10-6-2/h45-48,54H,5-44H2,1-4H3/t45?,46-,48?/m0/s1. The molecule has 1 heterocycles. The van der Waals surface area contributed by atoms with E-state index in [2.05, 4.69) is 32.6 Å². The molecule has 0 aromatic rings. The lowest BCUT2D eigenvalue weighted by molar-refractivity contribution is -0.160. The molecule has 62 heavy (non-hydrogen) atoms. The van der Waals surface area contributed by atoms with Crippen LogP contribution in [0.25, 0.3) is 0 Å². The molecule has 0 aliphatic carbocycles. The number of nitrogens with zero attached hydrogens (tertiary/aromatic N) is 1. The van der Waals surface area contributed by atoms with Crippen molar-refractivity contribution in [1.82, 2.24) is 4.90 Å². The number of likely N-dealkylation sites (tertiary alicyclic amines) is 1. The number of aliphatic hydroxyl groups excluding tert-OH is 1. The number of hydrogen-bond donors (Lipinski definition) is 1. The highest BCUT2D eigenvalue weighted by Crippen LogP contribution is 2.23. The van der Waals surface area contributed by atoms with Gasteiger partial charge in [-0.15, -0.1) is 0 Å². The Morgan fingerprint density at radius 1 is 0.484 bits per heavy atom. The van der Waals surface area contributed by atoms with Gasteiger partial charge in [0.2, 0.25) is 0 Å². The minimum absolute atomic E-state index is 0.00616. The van der Waals surface area contributed by atoms with E-state index >= 15 is 0 Å². The molecule has 0 amide bonds. The molecule has 1 fully saturated rings. The normalized spacial score (nSPS) is 14.9. The summed E-state index contributed by atoms with van der Waals surface area (Å²) in [5.41, 5.74) is 0. The highest BCUT2D eigenvalue weighted by molar-refractivity contribution is 5.73. The number of hydrogen-bond acceptors (Lipinski definition) is 10. The lowest BCUT2D eigenvalue weighted by atomic mass is 9.94. The molecule has 2 unspecified atom stereocenters. The summed E-state index contributed by atoms with van der Waals surface area (Å²) in [5, 5.41) is 9.98. The van der Waals surface area contributed by atoms with Crippen LogP contribution in [0.5, 0.6) is 0 Å². The van der Waals surface area contributed by atoms with Gasteiger partial charge in [0.25, 0.3) is 0 Å². The maximum absolute atomic E-state index is 13.0. The Bertz CT molecular complexity index is 1080. The Kier molecular flexibility index (Phi) is 38.7. The van der Waals surface area contributed by atoms with E-state index in [4.69, 9.17) is 18.9 Å². The van der Waals surface area contributed by atoms with Crippen molar-refractivity contribution < 1.29 is 43.2 Å². The van der Waals surface area contributed by atoms with Gasteiger partial charge < -0.3 is 24.1 Å². The second kappa shape index (κ2) is 41.5. The van der Waals surface area contributed by atoms with Gasteiger partial charge in [0, 0.05) is 32.5 Å². The van der Waals surface area contributed by atoms with Crippen molar-refractivity contribution in [3.63, 3.8) is 0 Å². The van der Waals surface area contributed by atoms with Gasteiger partial charge in [0.15, 0.2) is 0 Å². The van der Waals surface area contributed by atoms with E-state index in [1.165, 1.54) is 96.3 Å². The quantitative estimate of drug-likeness (QED) is 0.0359. The molecule has 0 spiro atoms. The minimum atomic E-state index is -0.589. The number of carbonyl (C=O) groups is 4. The number of piperidine rings is 1. The molecule has 1 aliphatic rings. The first-order valence-electron chi connectivity index (χ1n) is 26.3. The molecule has 3 atom stereocenters. The van der Waals surface area contributed by atoms with Gasteiger partial charge in [-0.05, 0) is 77.0 Å². The molecule has 1 rings (SSSR count). The molecule has 10 heteroatoms. The Labute approximate surface area is 380 Å². The molecular formula is C52H97NO9. The summed E-state index contributed by atoms with van der Waals surface area (Å²) in [6.45, 7) is 11.5. The molecule has 0 radical (unpaired) electrons. The van der Waals surface area contributed by atoms with Crippen LogP contribution in [0.3, 0.4) is 0 Å². The molecule has 0 saturated carbocycles. The van der Waals surface area contributed by atoms with Crippen molar-refractivity contribution in [1.29, 1.82) is 0 Å². The SMILES string of the molecule is CCCCCCCCC(CCCCCC)C(=O)OCCCCCC(=O)OCC(CN1CCC(O)CC1)OC(=O)CCCCCOC(=O)[C@@H](CCCCCC)CCCCCCCC. The van der Waals surface area contributed by atoms with Crippen LogP contribution >= 0.6 is 0 Å². The Balaban J connectivity index is 2.44. The molecule has 364 valence electrons. The number of unbranched alkanes of at least 4 members (excludes halogenated alkanes) is 20. The van der Waals surface area contributed by atoms with Crippen LogP contribution in [0.4, 0.5) is 0 Å². The summed E-state index contributed by atoms with van der Waals surface area (Å²) in [7, 11) is 0. The topological polar surface area (TPSA) is 129 Å². The first-order chi connectivity index (χ1) is 30.2. The van der Waals surface area contributed by atoms with E-state index in [0.717, 1.165) is 70.6 Å². The van der Waals surface area contributed by atoms with E-state index < -0.39 is 6.10 Å². The second-order valence-corrected chi connectivity index (χ2v) is 18.5. The average molecular weight is 880 g/mol. The minimum Gasteiger partial charge on any atom is -0.465 e. The van der Waals surface area contributed by atoms with Crippen molar-refractivity contribution >= 4 is 23.9 Å². The predicted molar refractivity (Wildman–Crippen MR) is 252 cm³/mol. The van der Waals surface area contributed by atoms with Crippen molar-refractivity contribution in [3.8, 4) is 0 Å². The fraction of sp³-hybridized carbons (Fsp3) is 0.923. The Morgan fingerprint density at radius 2 is 0.855 bits per heavy atom. The van der Waals surface area contributed by atoms with E-state index in [0.29, 0.717) is 71.4 Å². The molecule has 0 bridgehead atoms. The highest BCUT2D eigenvalue weighted by Gasteiger charge is 2.25.